The molecule has 0 saturated carbocycles. The maximum absolute atomic E-state index is 13.6. The van der Waals surface area contributed by atoms with E-state index in [4.69, 9.17) is 18.7 Å². The maximum Gasteiger partial charge on any atom is 0.276 e. The summed E-state index contributed by atoms with van der Waals surface area (Å²) in [5, 5.41) is 25.1. The lowest BCUT2D eigenvalue weighted by Gasteiger charge is -2.28. The molecule has 0 radical (unpaired) electrons. The Kier molecular flexibility index (Phi) is 13.6. The minimum Gasteiger partial charge on any atom is -0.496 e. The number of fused-ring (bicyclic) bond motifs is 3. The van der Waals surface area contributed by atoms with Crippen LogP contribution < -0.4 is 35.5 Å². The molecule has 2 heterocycles. The molecule has 3 aromatic rings. The minimum absolute atomic E-state index is 0.0103. The standard InChI is InChI=1S/C36H46N6O10/c1-20(2)31-34(46)38-18-24-26(49-5)10-9-11-27(24)51-29-17-23(12-13-28(29)50-6)33(45)37-14-7-8-15-42(36(48)25-16-21(3)52-41-25)19-30(44)39-32(22(4)43)35(47)40-31/h9-13,16-17,20,22,31-32,43H,7-8,14-15,18-19H2,1-6H3,(H,37,45)(H,38,46)(H,39,44)(H,40,47)/t22-,31-,32+/m1/s1. The molecule has 2 bridgehead atoms. The monoisotopic (exact) mass is 722 g/mol. The van der Waals surface area contributed by atoms with Gasteiger partial charge in [0.15, 0.2) is 17.2 Å². The summed E-state index contributed by atoms with van der Waals surface area (Å²) >= 11 is 0. The molecule has 0 fully saturated rings. The van der Waals surface area contributed by atoms with Crippen molar-refractivity contribution in [1.82, 2.24) is 31.3 Å². The molecule has 0 unspecified atom stereocenters. The van der Waals surface area contributed by atoms with E-state index in [1.807, 2.05) is 0 Å². The summed E-state index contributed by atoms with van der Waals surface area (Å²) in [6.45, 7) is 6.20. The van der Waals surface area contributed by atoms with E-state index in [0.29, 0.717) is 47.0 Å². The van der Waals surface area contributed by atoms with E-state index >= 15 is 0 Å². The van der Waals surface area contributed by atoms with Crippen LogP contribution in [0.1, 0.15) is 65.8 Å². The summed E-state index contributed by atoms with van der Waals surface area (Å²) in [5.41, 5.74) is 0.755. The first kappa shape index (κ1) is 39.2. The summed E-state index contributed by atoms with van der Waals surface area (Å²) in [5.74, 6) is -1.74. The average Bonchev–Trinajstić information content (AvgIpc) is 3.56. The number of carbonyl (C=O) groups is 5. The number of hydrogen-bond acceptors (Lipinski definition) is 11. The number of nitrogens with one attached hydrogen (secondary N) is 4. The number of ether oxygens (including phenoxy) is 3. The summed E-state index contributed by atoms with van der Waals surface area (Å²) in [4.78, 5) is 68.1. The normalized spacial score (nSPS) is 18.9. The lowest BCUT2D eigenvalue weighted by Crippen LogP contribution is -2.59. The summed E-state index contributed by atoms with van der Waals surface area (Å²) in [7, 11) is 2.94. The molecule has 5 N–H and O–H groups in total. The Bertz CT molecular complexity index is 1760. The summed E-state index contributed by atoms with van der Waals surface area (Å²) < 4.78 is 22.4. The Morgan fingerprint density at radius 2 is 1.67 bits per heavy atom. The molecule has 3 atom stereocenters. The van der Waals surface area contributed by atoms with E-state index in [2.05, 4.69) is 26.4 Å². The predicted molar refractivity (Wildman–Crippen MR) is 187 cm³/mol. The van der Waals surface area contributed by atoms with Gasteiger partial charge in [0.1, 0.15) is 29.3 Å². The molecule has 0 spiro atoms. The van der Waals surface area contributed by atoms with Crippen molar-refractivity contribution in [2.24, 2.45) is 5.92 Å². The van der Waals surface area contributed by atoms with Crippen molar-refractivity contribution in [3.8, 4) is 23.0 Å². The zero-order valence-electron chi connectivity index (χ0n) is 30.1. The number of aromatic nitrogens is 1. The van der Waals surface area contributed by atoms with Crippen molar-refractivity contribution in [3.63, 3.8) is 0 Å². The Labute approximate surface area is 301 Å². The highest BCUT2D eigenvalue weighted by atomic mass is 16.5. The van der Waals surface area contributed by atoms with Gasteiger partial charge in [-0.25, -0.2) is 0 Å². The number of rotatable bonds is 5. The topological polar surface area (TPSA) is 211 Å². The number of benzene rings is 2. The molecule has 0 aliphatic carbocycles. The SMILES string of the molecule is COc1ccc2cc1Oc1cccc(OC)c1CNC(=O)[C@@H](C(C)C)NC(=O)[C@H]([C@@H](C)O)NC(=O)CN(C(=O)c1cc(C)on1)CCCCNC2=O. The molecule has 1 aromatic heterocycles. The number of methoxy groups -OCH3 is 2. The van der Waals surface area contributed by atoms with Crippen LogP contribution in [-0.4, -0.2) is 96.7 Å². The fourth-order valence-corrected chi connectivity index (χ4v) is 5.50. The van der Waals surface area contributed by atoms with Crippen LogP contribution in [0.3, 0.4) is 0 Å². The fourth-order valence-electron chi connectivity index (χ4n) is 5.50. The first-order valence-corrected chi connectivity index (χ1v) is 16.9. The van der Waals surface area contributed by atoms with Crippen molar-refractivity contribution < 1.29 is 47.8 Å². The van der Waals surface area contributed by atoms with Crippen LogP contribution in [-0.2, 0) is 20.9 Å². The van der Waals surface area contributed by atoms with Crippen LogP contribution in [0.2, 0.25) is 0 Å². The number of hydrogen-bond donors (Lipinski definition) is 5. The highest BCUT2D eigenvalue weighted by Gasteiger charge is 2.32. The van der Waals surface area contributed by atoms with E-state index in [1.54, 1.807) is 51.1 Å². The van der Waals surface area contributed by atoms with Gasteiger partial charge in [0.25, 0.3) is 11.8 Å². The second kappa shape index (κ2) is 18.0. The van der Waals surface area contributed by atoms with Gasteiger partial charge in [-0.15, -0.1) is 0 Å². The van der Waals surface area contributed by atoms with Crippen molar-refractivity contribution in [1.29, 1.82) is 0 Å². The third kappa shape index (κ3) is 9.99. The van der Waals surface area contributed by atoms with E-state index < -0.39 is 54.3 Å². The Balaban J connectivity index is 1.68. The van der Waals surface area contributed by atoms with Gasteiger partial charge in [0.05, 0.1) is 39.0 Å². The van der Waals surface area contributed by atoms with E-state index in [-0.39, 0.29) is 37.0 Å². The van der Waals surface area contributed by atoms with Crippen molar-refractivity contribution >= 4 is 29.5 Å². The van der Waals surface area contributed by atoms with Gasteiger partial charge in [-0.2, -0.15) is 0 Å². The molecule has 2 aromatic carbocycles. The van der Waals surface area contributed by atoms with Crippen LogP contribution >= 0.6 is 0 Å². The van der Waals surface area contributed by atoms with Crippen LogP contribution in [0.25, 0.3) is 0 Å². The molecule has 16 nitrogen and oxygen atoms in total. The molecule has 52 heavy (non-hydrogen) atoms. The Hall–Kier alpha value is -5.64. The average molecular weight is 723 g/mol. The van der Waals surface area contributed by atoms with Crippen molar-refractivity contribution in [2.45, 2.75) is 65.3 Å². The maximum atomic E-state index is 13.6. The first-order chi connectivity index (χ1) is 24.8. The molecule has 1 aliphatic rings. The van der Waals surface area contributed by atoms with E-state index in [9.17, 15) is 29.1 Å². The van der Waals surface area contributed by atoms with Gasteiger partial charge in [-0.1, -0.05) is 25.1 Å². The van der Waals surface area contributed by atoms with E-state index in [1.165, 1.54) is 38.2 Å². The molecule has 280 valence electrons. The van der Waals surface area contributed by atoms with Gasteiger partial charge in [-0.05, 0) is 62.9 Å². The number of aryl methyl sites for hydroxylation is 1. The van der Waals surface area contributed by atoms with Gasteiger partial charge < -0.3 is 50.0 Å². The number of aliphatic hydroxyl groups excluding tert-OH is 1. The van der Waals surface area contributed by atoms with Crippen LogP contribution in [0, 0.1) is 12.8 Å². The minimum atomic E-state index is -1.45. The van der Waals surface area contributed by atoms with Crippen LogP contribution in [0.5, 0.6) is 23.0 Å². The molecule has 5 amide bonds. The van der Waals surface area contributed by atoms with Crippen molar-refractivity contribution in [2.75, 3.05) is 33.9 Å². The first-order valence-electron chi connectivity index (χ1n) is 16.9. The highest BCUT2D eigenvalue weighted by molar-refractivity contribution is 5.97. The summed E-state index contributed by atoms with van der Waals surface area (Å²) in [6.07, 6.45) is -0.529. The van der Waals surface area contributed by atoms with Gasteiger partial charge in [-0.3, -0.25) is 24.0 Å². The largest absolute Gasteiger partial charge is 0.496 e. The second-order valence-corrected chi connectivity index (χ2v) is 12.7. The smallest absolute Gasteiger partial charge is 0.276 e. The quantitative estimate of drug-likeness (QED) is 0.257. The van der Waals surface area contributed by atoms with Gasteiger partial charge >= 0.3 is 0 Å². The predicted octanol–water partition coefficient (Wildman–Crippen LogP) is 2.08. The molecule has 4 rings (SSSR count). The van der Waals surface area contributed by atoms with Crippen LogP contribution in [0.15, 0.2) is 47.0 Å². The zero-order valence-corrected chi connectivity index (χ0v) is 30.1. The van der Waals surface area contributed by atoms with Gasteiger partial charge in [0.2, 0.25) is 17.7 Å². The lowest BCUT2D eigenvalue weighted by molar-refractivity contribution is -0.135. The number of amides is 5. The van der Waals surface area contributed by atoms with Gasteiger partial charge in [0, 0.05) is 24.7 Å². The number of carbonyl (C=O) groups excluding carboxylic acids is 5. The number of nitrogens with zero attached hydrogens (tertiary/aromatic N) is 2. The third-order valence-corrected chi connectivity index (χ3v) is 8.33. The third-order valence-electron chi connectivity index (χ3n) is 8.33. The molecular weight excluding hydrogens is 676 g/mol. The van der Waals surface area contributed by atoms with Crippen molar-refractivity contribution in [3.05, 3.63) is 65.0 Å². The highest BCUT2D eigenvalue weighted by Crippen LogP contribution is 2.37. The fraction of sp³-hybridized carbons (Fsp3) is 0.444. The Morgan fingerprint density at radius 3 is 2.33 bits per heavy atom. The molecular formula is C36H46N6O10. The lowest BCUT2D eigenvalue weighted by atomic mass is 10.0. The zero-order chi connectivity index (χ0) is 37.9. The molecule has 0 saturated heterocycles. The Morgan fingerprint density at radius 1 is 0.923 bits per heavy atom. The number of aliphatic hydroxyl groups is 1. The molecule has 1 aliphatic heterocycles. The molecule has 16 heteroatoms. The van der Waals surface area contributed by atoms with Crippen LogP contribution in [0.4, 0.5) is 0 Å². The van der Waals surface area contributed by atoms with E-state index in [0.717, 1.165) is 0 Å². The summed E-state index contributed by atoms with van der Waals surface area (Å²) in [6, 6.07) is 8.71. The second-order valence-electron chi connectivity index (χ2n) is 12.7.